The molecule has 4 atom stereocenters. The summed E-state index contributed by atoms with van der Waals surface area (Å²) in [5, 5.41) is 52.7. The molecule has 0 bridgehead atoms. The van der Waals surface area contributed by atoms with E-state index >= 15 is 0 Å². The van der Waals surface area contributed by atoms with E-state index in [-0.39, 0.29) is 72.2 Å². The highest BCUT2D eigenvalue weighted by atomic mass is 16.4. The van der Waals surface area contributed by atoms with E-state index in [1.807, 2.05) is 11.9 Å². The van der Waals surface area contributed by atoms with Crippen LogP contribution in [0.2, 0.25) is 0 Å². The van der Waals surface area contributed by atoms with Crippen LogP contribution in [0.5, 0.6) is 0 Å². The van der Waals surface area contributed by atoms with Crippen LogP contribution in [0.15, 0.2) is 58.1 Å². The number of aliphatic carboxylic acids is 4. The predicted molar refractivity (Wildman–Crippen MR) is 241 cm³/mol. The summed E-state index contributed by atoms with van der Waals surface area (Å²) in [6.07, 6.45) is -0.652. The maximum absolute atomic E-state index is 12.4. The number of rotatable bonds is 19. The van der Waals surface area contributed by atoms with Gasteiger partial charge in [-0.05, 0) is 61.4 Å². The molecule has 3 amide bonds. The van der Waals surface area contributed by atoms with Crippen LogP contribution in [-0.2, 0) is 24.0 Å². The minimum absolute atomic E-state index is 0.0216. The number of benzene rings is 2. The summed E-state index contributed by atoms with van der Waals surface area (Å²) in [4.78, 5) is 121. The number of aromatic amines is 2. The van der Waals surface area contributed by atoms with Crippen LogP contribution in [0, 0.1) is 0 Å². The molecule has 27 heteroatoms. The van der Waals surface area contributed by atoms with Gasteiger partial charge in [-0.3, -0.25) is 43.5 Å². The smallest absolute Gasteiger partial charge is 0.326 e. The van der Waals surface area contributed by atoms with Gasteiger partial charge < -0.3 is 73.6 Å². The second kappa shape index (κ2) is 22.1. The molecule has 2 aromatic carbocycles. The van der Waals surface area contributed by atoms with Crippen LogP contribution in [0.4, 0.5) is 46.3 Å². The fourth-order valence-corrected chi connectivity index (χ4v) is 6.76. The predicted octanol–water partition coefficient (Wildman–Crippen LogP) is -0.989. The second-order valence-electron chi connectivity index (χ2n) is 15.1. The zero-order valence-electron chi connectivity index (χ0n) is 35.6. The number of nitrogen functional groups attached to an aromatic ring is 2. The number of hydrogen-bond acceptors (Lipinski definition) is 18. The Morgan fingerprint density at radius 1 is 0.687 bits per heavy atom. The number of fused-ring (bicyclic) bond motifs is 2. The molecule has 2 unspecified atom stereocenters. The third-order valence-corrected chi connectivity index (χ3v) is 10.2. The van der Waals surface area contributed by atoms with Crippen molar-refractivity contribution in [1.82, 2.24) is 30.6 Å². The summed E-state index contributed by atoms with van der Waals surface area (Å²) in [5.41, 5.74) is 12.4. The van der Waals surface area contributed by atoms with Crippen molar-refractivity contribution in [1.29, 1.82) is 0 Å². The summed E-state index contributed by atoms with van der Waals surface area (Å²) in [6, 6.07) is 9.28. The van der Waals surface area contributed by atoms with E-state index < -0.39 is 59.8 Å². The fourth-order valence-electron chi connectivity index (χ4n) is 6.76. The number of carbonyl (C=O) groups excluding carboxylic acids is 3. The number of nitrogens with zero attached hydrogens (tertiary/aromatic N) is 4. The molecule has 16 N–H and O–H groups in total. The molecule has 0 fully saturated rings. The highest BCUT2D eigenvalue weighted by Gasteiger charge is 2.27. The highest BCUT2D eigenvalue weighted by molar-refractivity contribution is 5.98. The van der Waals surface area contributed by atoms with E-state index in [4.69, 9.17) is 21.7 Å². The number of carboxylic acids is 4. The van der Waals surface area contributed by atoms with Gasteiger partial charge in [0.25, 0.3) is 22.9 Å². The highest BCUT2D eigenvalue weighted by Crippen LogP contribution is 2.23. The first-order valence-corrected chi connectivity index (χ1v) is 20.3. The van der Waals surface area contributed by atoms with Gasteiger partial charge in [-0.15, -0.1) is 0 Å². The van der Waals surface area contributed by atoms with Crippen LogP contribution in [0.25, 0.3) is 0 Å². The Morgan fingerprint density at radius 2 is 1.09 bits per heavy atom. The first-order valence-electron chi connectivity index (χ1n) is 20.3. The van der Waals surface area contributed by atoms with Crippen molar-refractivity contribution >= 4 is 88.4 Å². The minimum atomic E-state index is -1.35. The van der Waals surface area contributed by atoms with Gasteiger partial charge >= 0.3 is 23.9 Å². The maximum Gasteiger partial charge on any atom is 0.326 e. The van der Waals surface area contributed by atoms with E-state index in [2.05, 4.69) is 51.8 Å². The minimum Gasteiger partial charge on any atom is -0.481 e. The molecule has 0 saturated carbocycles. The quantitative estimate of drug-likeness (QED) is 0.0502. The molecule has 4 heterocycles. The molecule has 2 aliphatic rings. The molecular formula is C40H48N14O13. The third kappa shape index (κ3) is 13.5. The van der Waals surface area contributed by atoms with Gasteiger partial charge in [-0.25, -0.2) is 9.59 Å². The molecule has 0 radical (unpaired) electrons. The molecule has 2 aliphatic heterocycles. The molecule has 6 rings (SSSR count). The van der Waals surface area contributed by atoms with Crippen LogP contribution in [-0.4, -0.2) is 140 Å². The van der Waals surface area contributed by atoms with Crippen molar-refractivity contribution in [2.24, 2.45) is 0 Å². The Labute approximate surface area is 378 Å². The standard InChI is InChI=1S/C20H23N7O7.C20H25N7O6/c21-20-25-16-15(18(32)26-20)23-11(7-22-16)8-27(9-28)12-3-1-10(2-4-12)17(31)24-13(19(33)34)5-6-14(29)30;1-27(9-11-8-22-16-15(23-11)18(31)26-20(21)25-16)12-4-2-10(3-5-12)17(30)24-13(19(32)33)6-7-14(28)29/h1-4,9,11,13,23H,5-8H2,(H,24,31)(H,29,30)(H,33,34)(H4,21,22,25,26,32);2-5,11,13,23H,6-9H2,1H3,(H,24,30)(H,28,29)(H,32,33)(H4,21,22,25,26,31)/t2*11?,13-/m00/s1. The zero-order chi connectivity index (χ0) is 48.9. The summed E-state index contributed by atoms with van der Waals surface area (Å²) in [7, 11) is 1.85. The summed E-state index contributed by atoms with van der Waals surface area (Å²) < 4.78 is 0. The first-order chi connectivity index (χ1) is 31.8. The van der Waals surface area contributed by atoms with Gasteiger partial charge in [-0.2, -0.15) is 9.97 Å². The SMILES string of the molecule is CN(CC1CNc2nc(N)[nH]c(=O)c2N1)c1ccc(C(=O)N[C@@H](CCC(=O)O)C(=O)O)cc1.Nc1nc2c(c(=O)[nH]1)NC(CN(C=O)c1ccc(C(=O)N[C@@H](CCC(=O)O)C(=O)O)cc1)CN2. The van der Waals surface area contributed by atoms with Crippen molar-refractivity contribution < 1.29 is 54.0 Å². The number of carboxylic acid groups (broad SMARTS) is 4. The van der Waals surface area contributed by atoms with Gasteiger partial charge in [0.15, 0.2) is 11.6 Å². The second-order valence-corrected chi connectivity index (χ2v) is 15.1. The van der Waals surface area contributed by atoms with Gasteiger partial charge in [0.05, 0.1) is 12.1 Å². The molecule has 356 valence electrons. The molecule has 0 spiro atoms. The number of hydrogen-bond donors (Lipinski definition) is 14. The maximum atomic E-state index is 12.4. The largest absolute Gasteiger partial charge is 0.481 e. The topological polar surface area (TPSA) is 423 Å². The monoisotopic (exact) mass is 932 g/mol. The molecule has 27 nitrogen and oxygen atoms in total. The lowest BCUT2D eigenvalue weighted by atomic mass is 10.1. The Hall–Kier alpha value is -8.91. The normalized spacial score (nSPS) is 15.2. The van der Waals surface area contributed by atoms with E-state index in [0.717, 1.165) is 5.69 Å². The van der Waals surface area contributed by atoms with Gasteiger partial charge in [0, 0.05) is 68.6 Å². The summed E-state index contributed by atoms with van der Waals surface area (Å²) >= 11 is 0. The lowest BCUT2D eigenvalue weighted by Gasteiger charge is -2.31. The lowest BCUT2D eigenvalue weighted by Crippen LogP contribution is -2.45. The van der Waals surface area contributed by atoms with Gasteiger partial charge in [-0.1, -0.05) is 0 Å². The molecular weight excluding hydrogens is 885 g/mol. The van der Waals surface area contributed by atoms with E-state index in [1.165, 1.54) is 29.2 Å². The van der Waals surface area contributed by atoms with E-state index in [1.54, 1.807) is 24.3 Å². The number of H-pyrrole nitrogens is 2. The number of likely N-dealkylation sites (N-methyl/N-ethyl adjacent to an activating group) is 1. The van der Waals surface area contributed by atoms with Crippen LogP contribution >= 0.6 is 0 Å². The lowest BCUT2D eigenvalue weighted by molar-refractivity contribution is -0.142. The average Bonchev–Trinajstić information content (AvgIpc) is 3.28. The van der Waals surface area contributed by atoms with Gasteiger partial charge in [0.1, 0.15) is 23.5 Å². The molecule has 0 saturated heterocycles. The fraction of sp³-hybridized carbons (Fsp3) is 0.325. The molecule has 2 aromatic heterocycles. The average molecular weight is 933 g/mol. The van der Waals surface area contributed by atoms with Crippen molar-refractivity contribution in [3.05, 3.63) is 80.4 Å². The number of anilines is 8. The Morgan fingerprint density at radius 3 is 1.48 bits per heavy atom. The van der Waals surface area contributed by atoms with Crippen LogP contribution in [0.1, 0.15) is 46.4 Å². The van der Waals surface area contributed by atoms with Crippen LogP contribution in [0.3, 0.4) is 0 Å². The van der Waals surface area contributed by atoms with E-state index in [9.17, 15) is 53.4 Å². The van der Waals surface area contributed by atoms with E-state index in [0.29, 0.717) is 49.1 Å². The zero-order valence-corrected chi connectivity index (χ0v) is 35.6. The number of aromatic nitrogens is 4. The summed E-state index contributed by atoms with van der Waals surface area (Å²) in [5.74, 6) is -5.53. The van der Waals surface area contributed by atoms with Crippen molar-refractivity contribution in [2.45, 2.75) is 49.9 Å². The van der Waals surface area contributed by atoms with Gasteiger partial charge in [0.2, 0.25) is 18.3 Å². The Balaban J connectivity index is 0.000000251. The Bertz CT molecular complexity index is 2610. The third-order valence-electron chi connectivity index (χ3n) is 10.2. The summed E-state index contributed by atoms with van der Waals surface area (Å²) in [6.45, 7) is 1.58. The molecule has 4 aromatic rings. The Kier molecular flexibility index (Phi) is 16.2. The van der Waals surface area contributed by atoms with Crippen molar-refractivity contribution in [3.8, 4) is 0 Å². The number of carbonyl (C=O) groups is 7. The number of nitrogens with one attached hydrogen (secondary N) is 8. The van der Waals surface area contributed by atoms with Crippen molar-refractivity contribution in [2.75, 3.05) is 75.8 Å². The number of nitrogens with two attached hydrogens (primary N) is 2. The molecule has 0 aliphatic carbocycles. The first kappa shape index (κ1) is 49.1. The number of amides is 3. The van der Waals surface area contributed by atoms with Crippen LogP contribution < -0.4 is 64.3 Å². The van der Waals surface area contributed by atoms with Crippen molar-refractivity contribution in [3.63, 3.8) is 0 Å². The molecule has 67 heavy (non-hydrogen) atoms.